The largest absolute Gasteiger partial charge is 0.284 e. The zero-order valence-electron chi connectivity index (χ0n) is 13.9. The van der Waals surface area contributed by atoms with E-state index in [2.05, 4.69) is 63.1 Å². The molecule has 1 unspecified atom stereocenters. The predicted octanol–water partition coefficient (Wildman–Crippen LogP) is 4.81. The van der Waals surface area contributed by atoms with E-state index in [9.17, 15) is 5.26 Å². The molecule has 2 nitrogen and oxygen atoms in total. The Morgan fingerprint density at radius 1 is 1.10 bits per heavy atom. The zero-order valence-corrected chi connectivity index (χ0v) is 13.9. The minimum absolute atomic E-state index is 0.123. The third kappa shape index (κ3) is 3.86. The molecule has 0 N–H and O–H groups in total. The fourth-order valence-electron chi connectivity index (χ4n) is 3.27. The average Bonchev–Trinajstić information content (AvgIpc) is 2.48. The molecule has 114 valence electrons. The van der Waals surface area contributed by atoms with Crippen molar-refractivity contribution in [1.29, 1.82) is 5.26 Å². The number of nitriles is 1. The minimum Gasteiger partial charge on any atom is -0.284 e. The quantitative estimate of drug-likeness (QED) is 0.796. The van der Waals surface area contributed by atoms with Gasteiger partial charge in [-0.05, 0) is 36.4 Å². The number of nitrogens with zero attached hydrogens (tertiary/aromatic N) is 2. The van der Waals surface area contributed by atoms with Crippen molar-refractivity contribution in [2.24, 2.45) is 0 Å². The molecular weight excluding hydrogens is 256 g/mol. The molecule has 0 radical (unpaired) electrons. The van der Waals surface area contributed by atoms with E-state index in [4.69, 9.17) is 0 Å². The van der Waals surface area contributed by atoms with Crippen molar-refractivity contribution in [3.8, 4) is 6.07 Å². The van der Waals surface area contributed by atoms with Gasteiger partial charge in [-0.3, -0.25) is 4.90 Å². The van der Waals surface area contributed by atoms with Crippen LogP contribution in [0.5, 0.6) is 0 Å². The Morgan fingerprint density at radius 2 is 1.67 bits per heavy atom. The Morgan fingerprint density at radius 3 is 2.14 bits per heavy atom. The van der Waals surface area contributed by atoms with E-state index in [0.29, 0.717) is 6.04 Å². The van der Waals surface area contributed by atoms with E-state index >= 15 is 0 Å². The normalized spacial score (nSPS) is 18.5. The highest BCUT2D eigenvalue weighted by molar-refractivity contribution is 5.31. The SMILES string of the molecule is CN(C1CCCCC1)C(C#N)c1ccc(C(C)(C)C)cc1. The van der Waals surface area contributed by atoms with Crippen LogP contribution in [-0.2, 0) is 5.41 Å². The van der Waals surface area contributed by atoms with Crippen LogP contribution in [0.1, 0.15) is 70.0 Å². The molecule has 1 saturated carbocycles. The molecule has 0 aromatic heterocycles. The summed E-state index contributed by atoms with van der Waals surface area (Å²) in [5.74, 6) is 0. The van der Waals surface area contributed by atoms with Gasteiger partial charge in [0.1, 0.15) is 6.04 Å². The molecule has 2 rings (SSSR count). The lowest BCUT2D eigenvalue weighted by molar-refractivity contribution is 0.164. The molecular formula is C19H28N2. The van der Waals surface area contributed by atoms with Gasteiger partial charge in [-0.25, -0.2) is 0 Å². The summed E-state index contributed by atoms with van der Waals surface area (Å²) < 4.78 is 0. The van der Waals surface area contributed by atoms with E-state index in [0.717, 1.165) is 5.56 Å². The lowest BCUT2D eigenvalue weighted by Gasteiger charge is -2.34. The van der Waals surface area contributed by atoms with Gasteiger partial charge >= 0.3 is 0 Å². The average molecular weight is 284 g/mol. The van der Waals surface area contributed by atoms with E-state index < -0.39 is 0 Å². The second-order valence-corrected chi connectivity index (χ2v) is 7.36. The molecule has 0 saturated heterocycles. The van der Waals surface area contributed by atoms with Gasteiger partial charge in [-0.2, -0.15) is 5.26 Å². The zero-order chi connectivity index (χ0) is 15.5. The topological polar surface area (TPSA) is 27.0 Å². The summed E-state index contributed by atoms with van der Waals surface area (Å²) in [5, 5.41) is 9.62. The van der Waals surface area contributed by atoms with Gasteiger partial charge in [0.15, 0.2) is 0 Å². The maximum absolute atomic E-state index is 9.62. The molecule has 1 aliphatic rings. The molecule has 0 aliphatic heterocycles. The molecule has 1 aromatic rings. The first-order valence-corrected chi connectivity index (χ1v) is 8.15. The van der Waals surface area contributed by atoms with Crippen LogP contribution in [0.2, 0.25) is 0 Å². The summed E-state index contributed by atoms with van der Waals surface area (Å²) in [5.41, 5.74) is 2.61. The monoisotopic (exact) mass is 284 g/mol. The molecule has 0 bridgehead atoms. The highest BCUT2D eigenvalue weighted by Crippen LogP contribution is 2.30. The first-order chi connectivity index (χ1) is 9.93. The molecule has 21 heavy (non-hydrogen) atoms. The molecule has 0 amide bonds. The first kappa shape index (κ1) is 16.0. The second-order valence-electron chi connectivity index (χ2n) is 7.36. The Kier molecular flexibility index (Phi) is 5.06. The summed E-state index contributed by atoms with van der Waals surface area (Å²) >= 11 is 0. The Bertz CT molecular complexity index is 484. The first-order valence-electron chi connectivity index (χ1n) is 8.15. The number of hydrogen-bond acceptors (Lipinski definition) is 2. The number of benzene rings is 1. The smallest absolute Gasteiger partial charge is 0.123 e. The minimum atomic E-state index is -0.123. The fourth-order valence-corrected chi connectivity index (χ4v) is 3.27. The molecule has 1 aromatic carbocycles. The lowest BCUT2D eigenvalue weighted by Crippen LogP contribution is -2.36. The van der Waals surface area contributed by atoms with Gasteiger partial charge in [0, 0.05) is 6.04 Å². The molecule has 0 heterocycles. The maximum Gasteiger partial charge on any atom is 0.123 e. The summed E-state index contributed by atoms with van der Waals surface area (Å²) in [6.45, 7) is 6.66. The summed E-state index contributed by atoms with van der Waals surface area (Å²) in [7, 11) is 2.11. The van der Waals surface area contributed by atoms with Crippen molar-refractivity contribution in [2.75, 3.05) is 7.05 Å². The summed E-state index contributed by atoms with van der Waals surface area (Å²) in [4.78, 5) is 2.28. The van der Waals surface area contributed by atoms with Crippen molar-refractivity contribution >= 4 is 0 Å². The lowest BCUT2D eigenvalue weighted by atomic mass is 9.86. The van der Waals surface area contributed by atoms with Crippen LogP contribution in [0.25, 0.3) is 0 Å². The van der Waals surface area contributed by atoms with Gasteiger partial charge in [0.05, 0.1) is 6.07 Å². The maximum atomic E-state index is 9.62. The molecule has 0 spiro atoms. The summed E-state index contributed by atoms with van der Waals surface area (Å²) in [6, 6.07) is 11.6. The van der Waals surface area contributed by atoms with Crippen LogP contribution in [0.4, 0.5) is 0 Å². The predicted molar refractivity (Wildman–Crippen MR) is 88.1 cm³/mol. The van der Waals surface area contributed by atoms with Crippen molar-refractivity contribution in [1.82, 2.24) is 4.90 Å². The Hall–Kier alpha value is -1.33. The molecule has 1 aliphatic carbocycles. The Balaban J connectivity index is 2.15. The standard InChI is InChI=1S/C19H28N2/c1-19(2,3)16-12-10-15(11-13-16)18(14-20)21(4)17-8-6-5-7-9-17/h10-13,17-18H,5-9H2,1-4H3. The van der Waals surface area contributed by atoms with Crippen molar-refractivity contribution in [3.05, 3.63) is 35.4 Å². The fraction of sp³-hybridized carbons (Fsp3) is 0.632. The van der Waals surface area contributed by atoms with Gasteiger partial charge in [0.25, 0.3) is 0 Å². The van der Waals surface area contributed by atoms with E-state index in [1.54, 1.807) is 0 Å². The van der Waals surface area contributed by atoms with E-state index in [1.807, 2.05) is 0 Å². The van der Waals surface area contributed by atoms with Crippen LogP contribution in [-0.4, -0.2) is 18.0 Å². The van der Waals surface area contributed by atoms with Crippen LogP contribution in [0, 0.1) is 11.3 Å². The highest BCUT2D eigenvalue weighted by atomic mass is 15.2. The molecule has 2 heteroatoms. The molecule has 1 fully saturated rings. The van der Waals surface area contributed by atoms with Gasteiger partial charge in [0.2, 0.25) is 0 Å². The van der Waals surface area contributed by atoms with Gasteiger partial charge < -0.3 is 0 Å². The van der Waals surface area contributed by atoms with Crippen molar-refractivity contribution in [3.63, 3.8) is 0 Å². The van der Waals surface area contributed by atoms with Crippen LogP contribution in [0.3, 0.4) is 0 Å². The van der Waals surface area contributed by atoms with Crippen LogP contribution >= 0.6 is 0 Å². The third-order valence-electron chi connectivity index (χ3n) is 4.77. The van der Waals surface area contributed by atoms with E-state index in [-0.39, 0.29) is 11.5 Å². The van der Waals surface area contributed by atoms with Gasteiger partial charge in [-0.15, -0.1) is 0 Å². The van der Waals surface area contributed by atoms with Crippen LogP contribution in [0.15, 0.2) is 24.3 Å². The van der Waals surface area contributed by atoms with Crippen LogP contribution < -0.4 is 0 Å². The second kappa shape index (κ2) is 6.62. The Labute approximate surface area is 129 Å². The number of hydrogen-bond donors (Lipinski definition) is 0. The highest BCUT2D eigenvalue weighted by Gasteiger charge is 2.25. The van der Waals surface area contributed by atoms with E-state index in [1.165, 1.54) is 37.7 Å². The summed E-state index contributed by atoms with van der Waals surface area (Å²) in [6.07, 6.45) is 6.41. The number of rotatable bonds is 3. The van der Waals surface area contributed by atoms with Gasteiger partial charge in [-0.1, -0.05) is 64.3 Å². The molecule has 1 atom stereocenters. The van der Waals surface area contributed by atoms with Crippen molar-refractivity contribution < 1.29 is 0 Å². The third-order valence-corrected chi connectivity index (χ3v) is 4.77. The van der Waals surface area contributed by atoms with Crippen molar-refractivity contribution in [2.45, 2.75) is 70.4 Å².